The van der Waals surface area contributed by atoms with Gasteiger partial charge in [-0.1, -0.05) is 42.2 Å². The Kier molecular flexibility index (Phi) is 4.67. The molecule has 2 heterocycles. The molecule has 0 saturated heterocycles. The summed E-state index contributed by atoms with van der Waals surface area (Å²) in [6.45, 7) is 4.43. The molecule has 5 nitrogen and oxygen atoms in total. The molecule has 0 atom stereocenters. The summed E-state index contributed by atoms with van der Waals surface area (Å²) in [7, 11) is 0. The summed E-state index contributed by atoms with van der Waals surface area (Å²) in [5.74, 6) is -1.02. The molecular formula is C17H18N2O3S2. The van der Waals surface area contributed by atoms with Crippen LogP contribution in [0.2, 0.25) is 0 Å². The highest BCUT2D eigenvalue weighted by Crippen LogP contribution is 2.41. The van der Waals surface area contributed by atoms with Crippen LogP contribution in [0.4, 0.5) is 5.69 Å². The van der Waals surface area contributed by atoms with Crippen LogP contribution < -0.4 is 10.6 Å². The third kappa shape index (κ3) is 3.63. The summed E-state index contributed by atoms with van der Waals surface area (Å²) < 4.78 is 5.82. The molecule has 2 aliphatic rings. The van der Waals surface area contributed by atoms with E-state index in [2.05, 4.69) is 10.6 Å². The van der Waals surface area contributed by atoms with Gasteiger partial charge in [0, 0.05) is 22.7 Å². The molecule has 0 bridgehead atoms. The second-order valence-electron chi connectivity index (χ2n) is 6.18. The van der Waals surface area contributed by atoms with Gasteiger partial charge in [-0.25, -0.2) is 4.79 Å². The first-order chi connectivity index (χ1) is 11.4. The number of carboxylic acids is 1. The third-order valence-corrected chi connectivity index (χ3v) is 5.37. The van der Waals surface area contributed by atoms with Gasteiger partial charge < -0.3 is 20.5 Å². The molecule has 3 rings (SSSR count). The van der Waals surface area contributed by atoms with E-state index < -0.39 is 5.97 Å². The van der Waals surface area contributed by atoms with E-state index in [1.165, 1.54) is 11.8 Å². The topological polar surface area (TPSA) is 70.6 Å². The average molecular weight is 362 g/mol. The third-order valence-electron chi connectivity index (χ3n) is 3.71. The van der Waals surface area contributed by atoms with Gasteiger partial charge in [-0.3, -0.25) is 0 Å². The molecule has 0 fully saturated rings. The minimum absolute atomic E-state index is 0.116. The molecule has 0 saturated carbocycles. The zero-order chi connectivity index (χ0) is 17.3. The molecule has 0 amide bonds. The van der Waals surface area contributed by atoms with Crippen molar-refractivity contribution in [1.29, 1.82) is 0 Å². The van der Waals surface area contributed by atoms with Gasteiger partial charge in [-0.05, 0) is 26.0 Å². The monoisotopic (exact) mass is 362 g/mol. The molecule has 1 aromatic rings. The molecule has 0 spiro atoms. The molecule has 24 heavy (non-hydrogen) atoms. The lowest BCUT2D eigenvalue weighted by atomic mass is 9.99. The van der Waals surface area contributed by atoms with Crippen LogP contribution in [0.25, 0.3) is 0 Å². The number of para-hydroxylation sites is 1. The van der Waals surface area contributed by atoms with E-state index in [0.717, 1.165) is 16.3 Å². The Hall–Kier alpha value is -1.83. The van der Waals surface area contributed by atoms with Crippen LogP contribution in [0.15, 0.2) is 51.5 Å². The second kappa shape index (κ2) is 6.58. The Morgan fingerprint density at radius 1 is 1.38 bits per heavy atom. The van der Waals surface area contributed by atoms with Gasteiger partial charge in [0.15, 0.2) is 0 Å². The second-order valence-corrected chi connectivity index (χ2v) is 7.70. The summed E-state index contributed by atoms with van der Waals surface area (Å²) in [6, 6.07) is 9.45. The zero-order valence-corrected chi connectivity index (χ0v) is 15.0. The molecule has 0 unspecified atom stereocenters. The first kappa shape index (κ1) is 17.0. The number of anilines is 1. The van der Waals surface area contributed by atoms with Crippen molar-refractivity contribution in [3.8, 4) is 0 Å². The van der Waals surface area contributed by atoms with E-state index in [0.29, 0.717) is 22.9 Å². The van der Waals surface area contributed by atoms with Crippen LogP contribution in [-0.2, 0) is 9.53 Å². The van der Waals surface area contributed by atoms with Crippen LogP contribution in [0.1, 0.15) is 20.3 Å². The van der Waals surface area contributed by atoms with E-state index >= 15 is 0 Å². The van der Waals surface area contributed by atoms with E-state index in [-0.39, 0.29) is 11.3 Å². The maximum atomic E-state index is 11.7. The summed E-state index contributed by atoms with van der Waals surface area (Å²) in [6.07, 6.45) is 0.637. The number of carboxylic acid groups (broad SMARTS) is 1. The first-order valence-electron chi connectivity index (χ1n) is 7.50. The highest BCUT2D eigenvalue weighted by Gasteiger charge is 2.34. The van der Waals surface area contributed by atoms with Gasteiger partial charge in [0.25, 0.3) is 0 Å². The van der Waals surface area contributed by atoms with Gasteiger partial charge in [0.05, 0.1) is 17.1 Å². The number of nitrogens with one attached hydrogen (secondary N) is 2. The molecular weight excluding hydrogens is 344 g/mol. The molecule has 3 N–H and O–H groups in total. The predicted molar refractivity (Wildman–Crippen MR) is 99.7 cm³/mol. The number of hydrogen-bond donors (Lipinski definition) is 3. The van der Waals surface area contributed by atoms with Crippen LogP contribution in [0.5, 0.6) is 0 Å². The lowest BCUT2D eigenvalue weighted by Gasteiger charge is -2.36. The van der Waals surface area contributed by atoms with Crippen molar-refractivity contribution in [3.63, 3.8) is 0 Å². The Balaban J connectivity index is 1.85. The van der Waals surface area contributed by atoms with E-state index in [1.54, 1.807) is 0 Å². The quantitative estimate of drug-likeness (QED) is 0.711. The van der Waals surface area contributed by atoms with Crippen molar-refractivity contribution >= 4 is 40.6 Å². The normalized spacial score (nSPS) is 19.4. The average Bonchev–Trinajstić information content (AvgIpc) is 2.53. The Bertz CT molecular complexity index is 754. The molecule has 1 aromatic carbocycles. The maximum Gasteiger partial charge on any atom is 0.353 e. The summed E-state index contributed by atoms with van der Waals surface area (Å²) in [5, 5.41) is 15.7. The smallest absolute Gasteiger partial charge is 0.353 e. The molecule has 0 aliphatic carbocycles. The zero-order valence-electron chi connectivity index (χ0n) is 13.4. The minimum Gasteiger partial charge on any atom is -0.477 e. The number of hydrogen-bond acceptors (Lipinski definition) is 5. The van der Waals surface area contributed by atoms with Crippen LogP contribution in [0, 0.1) is 0 Å². The summed E-state index contributed by atoms with van der Waals surface area (Å²) in [4.78, 5) is 13.5. The Morgan fingerprint density at radius 3 is 2.75 bits per heavy atom. The van der Waals surface area contributed by atoms with E-state index in [4.69, 9.17) is 17.0 Å². The molecule has 2 aliphatic heterocycles. The van der Waals surface area contributed by atoms with Crippen LogP contribution >= 0.6 is 24.0 Å². The maximum absolute atomic E-state index is 11.7. The number of thiocarbonyl (C=S) groups is 1. The van der Waals surface area contributed by atoms with Crippen molar-refractivity contribution in [2.24, 2.45) is 0 Å². The van der Waals surface area contributed by atoms with Crippen molar-refractivity contribution < 1.29 is 14.6 Å². The predicted octanol–water partition coefficient (Wildman–Crippen LogP) is 3.47. The number of ether oxygens (including phenoxy) is 1. The molecule has 0 aromatic heterocycles. The van der Waals surface area contributed by atoms with Gasteiger partial charge >= 0.3 is 5.97 Å². The minimum atomic E-state index is -1.02. The number of carbonyl (C=O) groups is 1. The molecule has 0 radical (unpaired) electrons. The standard InChI is InChI=1S/C17H18N2O3S2/c1-17(2)8-11-12(9-22-17)24-14(13(19-11)16(20)21)15(23)18-10-6-4-3-5-7-10/h3-7,19H,8-9H2,1-2H3,(H,18,23)(H,20,21). The van der Waals surface area contributed by atoms with Gasteiger partial charge in [0.2, 0.25) is 0 Å². The number of aliphatic carboxylic acids is 1. The lowest BCUT2D eigenvalue weighted by molar-refractivity contribution is -0.133. The lowest BCUT2D eigenvalue weighted by Crippen LogP contribution is -2.38. The van der Waals surface area contributed by atoms with Gasteiger partial charge in [-0.2, -0.15) is 0 Å². The fourth-order valence-electron chi connectivity index (χ4n) is 2.53. The summed E-state index contributed by atoms with van der Waals surface area (Å²) >= 11 is 6.80. The fourth-order valence-corrected chi connectivity index (χ4v) is 3.87. The van der Waals surface area contributed by atoms with Crippen LogP contribution in [0.3, 0.4) is 0 Å². The van der Waals surface area contributed by atoms with Crippen LogP contribution in [-0.4, -0.2) is 28.3 Å². The number of benzene rings is 1. The Labute approximate surface area is 150 Å². The largest absolute Gasteiger partial charge is 0.477 e. The van der Waals surface area contributed by atoms with Crippen molar-refractivity contribution in [1.82, 2.24) is 5.32 Å². The first-order valence-corrected chi connectivity index (χ1v) is 8.73. The molecule has 7 heteroatoms. The molecule has 126 valence electrons. The van der Waals surface area contributed by atoms with E-state index in [1.807, 2.05) is 44.2 Å². The Morgan fingerprint density at radius 2 is 2.08 bits per heavy atom. The van der Waals surface area contributed by atoms with E-state index in [9.17, 15) is 9.90 Å². The van der Waals surface area contributed by atoms with Crippen molar-refractivity contribution in [3.05, 3.63) is 51.5 Å². The highest BCUT2D eigenvalue weighted by atomic mass is 32.2. The fraction of sp³-hybridized carbons (Fsp3) is 0.294. The summed E-state index contributed by atoms with van der Waals surface area (Å²) in [5.41, 5.74) is 1.53. The SMILES string of the molecule is CC1(C)CC2=C(CO1)SC(C(=S)Nc1ccccc1)=C(C(=O)O)N2. The highest BCUT2D eigenvalue weighted by molar-refractivity contribution is 8.08. The van der Waals surface area contributed by atoms with Gasteiger partial charge in [-0.15, -0.1) is 0 Å². The number of thioether (sulfide) groups is 1. The number of rotatable bonds is 3. The van der Waals surface area contributed by atoms with Gasteiger partial charge in [0.1, 0.15) is 10.7 Å². The van der Waals surface area contributed by atoms with Crippen molar-refractivity contribution in [2.75, 3.05) is 11.9 Å². The van der Waals surface area contributed by atoms with Crippen molar-refractivity contribution in [2.45, 2.75) is 25.9 Å².